The van der Waals surface area contributed by atoms with Crippen molar-refractivity contribution in [3.05, 3.63) is 54.0 Å². The number of benzene rings is 1. The first-order chi connectivity index (χ1) is 9.63. The highest BCUT2D eigenvalue weighted by atomic mass is 16.5. The van der Waals surface area contributed by atoms with Crippen molar-refractivity contribution >= 4 is 5.91 Å². The van der Waals surface area contributed by atoms with Crippen molar-refractivity contribution in [3.63, 3.8) is 0 Å². The van der Waals surface area contributed by atoms with Crippen molar-refractivity contribution in [3.8, 4) is 5.75 Å². The number of amides is 1. The summed E-state index contributed by atoms with van der Waals surface area (Å²) in [5.41, 5.74) is 0.957. The SMILES string of the molecule is CC(C)Oc1ccc(CC(=O)NCc2ccco2)cc1. The van der Waals surface area contributed by atoms with Crippen molar-refractivity contribution in [2.45, 2.75) is 32.9 Å². The molecule has 0 aliphatic heterocycles. The van der Waals surface area contributed by atoms with E-state index in [0.29, 0.717) is 13.0 Å². The van der Waals surface area contributed by atoms with Crippen LogP contribution in [0.3, 0.4) is 0 Å². The van der Waals surface area contributed by atoms with Gasteiger partial charge in [0.25, 0.3) is 0 Å². The highest BCUT2D eigenvalue weighted by molar-refractivity contribution is 5.78. The Labute approximate surface area is 118 Å². The molecule has 0 unspecified atom stereocenters. The van der Waals surface area contributed by atoms with E-state index in [1.807, 2.05) is 44.2 Å². The van der Waals surface area contributed by atoms with Gasteiger partial charge >= 0.3 is 0 Å². The number of furan rings is 1. The fourth-order valence-electron chi connectivity index (χ4n) is 1.80. The van der Waals surface area contributed by atoms with E-state index in [0.717, 1.165) is 17.1 Å². The second-order valence-corrected chi connectivity index (χ2v) is 4.84. The maximum Gasteiger partial charge on any atom is 0.224 e. The minimum absolute atomic E-state index is 0.0288. The van der Waals surface area contributed by atoms with E-state index in [-0.39, 0.29) is 12.0 Å². The average molecular weight is 273 g/mol. The first kappa shape index (κ1) is 14.2. The monoisotopic (exact) mass is 273 g/mol. The smallest absolute Gasteiger partial charge is 0.224 e. The Morgan fingerprint density at radius 3 is 2.60 bits per heavy atom. The lowest BCUT2D eigenvalue weighted by Crippen LogP contribution is -2.24. The van der Waals surface area contributed by atoms with E-state index in [4.69, 9.17) is 9.15 Å². The number of nitrogens with one attached hydrogen (secondary N) is 1. The van der Waals surface area contributed by atoms with Gasteiger partial charge in [-0.05, 0) is 43.7 Å². The van der Waals surface area contributed by atoms with Crippen LogP contribution >= 0.6 is 0 Å². The topological polar surface area (TPSA) is 51.5 Å². The zero-order valence-corrected chi connectivity index (χ0v) is 11.8. The summed E-state index contributed by atoms with van der Waals surface area (Å²) in [5, 5.41) is 2.82. The number of rotatable bonds is 6. The van der Waals surface area contributed by atoms with Crippen molar-refractivity contribution in [1.29, 1.82) is 0 Å². The molecular weight excluding hydrogens is 254 g/mol. The Balaban J connectivity index is 1.81. The third kappa shape index (κ3) is 4.46. The third-order valence-electron chi connectivity index (χ3n) is 2.70. The molecule has 2 rings (SSSR count). The van der Waals surface area contributed by atoms with Gasteiger partial charge in [-0.15, -0.1) is 0 Å². The van der Waals surface area contributed by atoms with Crippen molar-refractivity contribution in [2.24, 2.45) is 0 Å². The molecule has 1 N–H and O–H groups in total. The van der Waals surface area contributed by atoms with Crippen molar-refractivity contribution in [1.82, 2.24) is 5.32 Å². The highest BCUT2D eigenvalue weighted by Gasteiger charge is 2.05. The Morgan fingerprint density at radius 1 is 1.25 bits per heavy atom. The first-order valence-electron chi connectivity index (χ1n) is 6.68. The van der Waals surface area contributed by atoms with Crippen LogP contribution in [0.5, 0.6) is 5.75 Å². The molecule has 1 amide bonds. The van der Waals surface area contributed by atoms with Gasteiger partial charge in [0, 0.05) is 0 Å². The minimum atomic E-state index is -0.0288. The van der Waals surface area contributed by atoms with Crippen molar-refractivity contribution < 1.29 is 13.9 Å². The summed E-state index contributed by atoms with van der Waals surface area (Å²) < 4.78 is 10.7. The molecule has 0 aliphatic rings. The Morgan fingerprint density at radius 2 is 2.00 bits per heavy atom. The molecule has 0 bridgehead atoms. The number of hydrogen-bond acceptors (Lipinski definition) is 3. The Bertz CT molecular complexity index is 529. The Kier molecular flexibility index (Phi) is 4.82. The summed E-state index contributed by atoms with van der Waals surface area (Å²) in [6, 6.07) is 11.2. The fraction of sp³-hybridized carbons (Fsp3) is 0.312. The fourth-order valence-corrected chi connectivity index (χ4v) is 1.80. The van der Waals surface area contributed by atoms with Crippen LogP contribution in [0.4, 0.5) is 0 Å². The van der Waals surface area contributed by atoms with Gasteiger partial charge in [-0.1, -0.05) is 12.1 Å². The number of carbonyl (C=O) groups is 1. The average Bonchev–Trinajstić information content (AvgIpc) is 2.91. The van der Waals surface area contributed by atoms with Crippen LogP contribution in [-0.2, 0) is 17.8 Å². The number of ether oxygens (including phenoxy) is 1. The lowest BCUT2D eigenvalue weighted by atomic mass is 10.1. The molecule has 1 aromatic heterocycles. The van der Waals surface area contributed by atoms with Crippen LogP contribution in [-0.4, -0.2) is 12.0 Å². The van der Waals surface area contributed by atoms with E-state index in [1.54, 1.807) is 12.3 Å². The summed E-state index contributed by atoms with van der Waals surface area (Å²) in [7, 11) is 0. The van der Waals surface area contributed by atoms with Gasteiger partial charge in [-0.3, -0.25) is 4.79 Å². The van der Waals surface area contributed by atoms with Crippen molar-refractivity contribution in [2.75, 3.05) is 0 Å². The summed E-state index contributed by atoms with van der Waals surface area (Å²) in [6.45, 7) is 4.38. The predicted molar refractivity (Wildman–Crippen MR) is 76.5 cm³/mol. The van der Waals surface area contributed by atoms with E-state index in [9.17, 15) is 4.79 Å². The standard InChI is InChI=1S/C16H19NO3/c1-12(2)20-14-7-5-13(6-8-14)10-16(18)17-11-15-4-3-9-19-15/h3-9,12H,10-11H2,1-2H3,(H,17,18). The molecule has 1 heterocycles. The highest BCUT2D eigenvalue weighted by Crippen LogP contribution is 2.14. The summed E-state index contributed by atoms with van der Waals surface area (Å²) in [4.78, 5) is 11.8. The lowest BCUT2D eigenvalue weighted by molar-refractivity contribution is -0.120. The zero-order valence-electron chi connectivity index (χ0n) is 11.8. The van der Waals surface area contributed by atoms with Gasteiger partial charge in [0.15, 0.2) is 0 Å². The molecule has 0 saturated heterocycles. The normalized spacial score (nSPS) is 10.6. The molecule has 0 fully saturated rings. The second kappa shape index (κ2) is 6.80. The van der Waals surface area contributed by atoms with Gasteiger partial charge in [-0.2, -0.15) is 0 Å². The van der Waals surface area contributed by atoms with Crippen LogP contribution < -0.4 is 10.1 Å². The lowest BCUT2D eigenvalue weighted by Gasteiger charge is -2.10. The van der Waals surface area contributed by atoms with Crippen LogP contribution in [0.2, 0.25) is 0 Å². The number of carbonyl (C=O) groups excluding carboxylic acids is 1. The largest absolute Gasteiger partial charge is 0.491 e. The maximum atomic E-state index is 11.8. The molecule has 0 radical (unpaired) electrons. The molecule has 0 aliphatic carbocycles. The molecule has 106 valence electrons. The van der Waals surface area contributed by atoms with E-state index in [1.165, 1.54) is 0 Å². The molecule has 2 aromatic rings. The summed E-state index contributed by atoms with van der Waals surface area (Å²) >= 11 is 0. The molecule has 1 aromatic carbocycles. The van der Waals surface area contributed by atoms with Gasteiger partial charge in [0.2, 0.25) is 5.91 Å². The molecule has 0 spiro atoms. The van der Waals surface area contributed by atoms with E-state index in [2.05, 4.69) is 5.32 Å². The van der Waals surface area contributed by atoms with E-state index < -0.39 is 0 Å². The second-order valence-electron chi connectivity index (χ2n) is 4.84. The molecule has 0 atom stereocenters. The molecule has 4 nitrogen and oxygen atoms in total. The van der Waals surface area contributed by atoms with Crippen LogP contribution in [0.1, 0.15) is 25.2 Å². The van der Waals surface area contributed by atoms with Crippen LogP contribution in [0.15, 0.2) is 47.1 Å². The van der Waals surface area contributed by atoms with E-state index >= 15 is 0 Å². The van der Waals surface area contributed by atoms with Gasteiger partial charge in [0.05, 0.1) is 25.3 Å². The van der Waals surface area contributed by atoms with Crippen LogP contribution in [0, 0.1) is 0 Å². The van der Waals surface area contributed by atoms with Gasteiger partial charge in [0.1, 0.15) is 11.5 Å². The van der Waals surface area contributed by atoms with Gasteiger partial charge in [-0.25, -0.2) is 0 Å². The zero-order chi connectivity index (χ0) is 14.4. The molecule has 0 saturated carbocycles. The summed E-state index contributed by atoms with van der Waals surface area (Å²) in [5.74, 6) is 1.54. The van der Waals surface area contributed by atoms with Gasteiger partial charge < -0.3 is 14.5 Å². The first-order valence-corrected chi connectivity index (χ1v) is 6.68. The van der Waals surface area contributed by atoms with Crippen LogP contribution in [0.25, 0.3) is 0 Å². The molecule has 4 heteroatoms. The minimum Gasteiger partial charge on any atom is -0.491 e. The third-order valence-corrected chi connectivity index (χ3v) is 2.70. The maximum absolute atomic E-state index is 11.8. The molecule has 20 heavy (non-hydrogen) atoms. The number of hydrogen-bond donors (Lipinski definition) is 1. The summed E-state index contributed by atoms with van der Waals surface area (Å²) in [6.07, 6.45) is 2.09. The predicted octanol–water partition coefficient (Wildman–Crippen LogP) is 2.93. The Hall–Kier alpha value is -2.23. The molecular formula is C16H19NO3. The quantitative estimate of drug-likeness (QED) is 0.880.